The van der Waals surface area contributed by atoms with Gasteiger partial charge in [0.05, 0.1) is 10.5 Å². The van der Waals surface area contributed by atoms with Crippen molar-refractivity contribution in [2.24, 2.45) is 0 Å². The van der Waals surface area contributed by atoms with Gasteiger partial charge in [0.1, 0.15) is 18.9 Å². The van der Waals surface area contributed by atoms with Gasteiger partial charge in [0, 0.05) is 20.2 Å². The third kappa shape index (κ3) is 3.69. The Labute approximate surface area is 150 Å². The van der Waals surface area contributed by atoms with Crippen LogP contribution in [-0.4, -0.2) is 44.3 Å². The number of nitrogens with zero attached hydrogens (tertiary/aromatic N) is 2. The molecule has 0 amide bonds. The van der Waals surface area contributed by atoms with Crippen LogP contribution >= 0.6 is 0 Å². The Balaban J connectivity index is 1.66. The van der Waals surface area contributed by atoms with Crippen molar-refractivity contribution in [3.63, 3.8) is 0 Å². The van der Waals surface area contributed by atoms with E-state index < -0.39 is 17.0 Å². The maximum absolute atomic E-state index is 12.2. The molecule has 8 heteroatoms. The molecule has 0 saturated heterocycles. The van der Waals surface area contributed by atoms with Crippen LogP contribution in [0.25, 0.3) is 0 Å². The number of benzene rings is 2. The number of rotatable bonds is 5. The number of para-hydroxylation sites is 2. The molecule has 3 rings (SSSR count). The molecule has 2 aromatic rings. The number of nitro benzene ring substituents is 1. The molecule has 8 nitrogen and oxygen atoms in total. The second kappa shape index (κ2) is 7.30. The maximum atomic E-state index is 12.2. The molecule has 1 atom stereocenters. The van der Waals surface area contributed by atoms with Gasteiger partial charge in [0.25, 0.3) is 5.69 Å². The Bertz CT molecular complexity index is 836. The molecule has 1 aliphatic rings. The highest BCUT2D eigenvalue weighted by molar-refractivity contribution is 5.91. The van der Waals surface area contributed by atoms with Crippen LogP contribution in [0, 0.1) is 10.1 Å². The monoisotopic (exact) mass is 358 g/mol. The fourth-order valence-corrected chi connectivity index (χ4v) is 2.57. The van der Waals surface area contributed by atoms with Crippen molar-refractivity contribution in [3.8, 4) is 11.5 Å². The molecule has 0 bridgehead atoms. The fraction of sp³-hybridized carbons (Fsp3) is 0.278. The maximum Gasteiger partial charge on any atom is 0.338 e. The molecular formula is C18H18N2O6. The molecule has 0 saturated carbocycles. The van der Waals surface area contributed by atoms with Crippen LogP contribution in [0.2, 0.25) is 0 Å². The number of carbonyl (C=O) groups excluding carboxylic acids is 1. The van der Waals surface area contributed by atoms with E-state index in [1.165, 1.54) is 18.2 Å². The van der Waals surface area contributed by atoms with Gasteiger partial charge in [-0.3, -0.25) is 10.1 Å². The Morgan fingerprint density at radius 3 is 2.69 bits per heavy atom. The van der Waals surface area contributed by atoms with Gasteiger partial charge in [0.15, 0.2) is 17.6 Å². The van der Waals surface area contributed by atoms with Crippen LogP contribution in [0.3, 0.4) is 0 Å². The zero-order chi connectivity index (χ0) is 18.7. The van der Waals surface area contributed by atoms with E-state index in [0.717, 1.165) is 0 Å². The highest BCUT2D eigenvalue weighted by Crippen LogP contribution is 2.31. The normalized spacial score (nSPS) is 15.2. The lowest BCUT2D eigenvalue weighted by atomic mass is 10.1. The van der Waals surface area contributed by atoms with Crippen LogP contribution in [-0.2, 0) is 4.74 Å². The molecule has 0 N–H and O–H groups in total. The van der Waals surface area contributed by atoms with E-state index in [2.05, 4.69) is 0 Å². The molecule has 1 aliphatic heterocycles. The quantitative estimate of drug-likeness (QED) is 0.461. The van der Waals surface area contributed by atoms with Gasteiger partial charge in [-0.2, -0.15) is 0 Å². The molecule has 2 aromatic carbocycles. The third-order valence-corrected chi connectivity index (χ3v) is 3.86. The van der Waals surface area contributed by atoms with Gasteiger partial charge in [-0.25, -0.2) is 4.79 Å². The van der Waals surface area contributed by atoms with Crippen LogP contribution in [0.1, 0.15) is 10.4 Å². The van der Waals surface area contributed by atoms with Crippen LogP contribution in [0.4, 0.5) is 11.4 Å². The minimum absolute atomic E-state index is 0.0175. The van der Waals surface area contributed by atoms with E-state index in [1.807, 2.05) is 12.1 Å². The highest BCUT2D eigenvalue weighted by Gasteiger charge is 2.24. The summed E-state index contributed by atoms with van der Waals surface area (Å²) < 4.78 is 16.5. The smallest absolute Gasteiger partial charge is 0.338 e. The van der Waals surface area contributed by atoms with Crippen molar-refractivity contribution in [3.05, 3.63) is 58.1 Å². The van der Waals surface area contributed by atoms with Crippen molar-refractivity contribution in [2.75, 3.05) is 32.2 Å². The minimum Gasteiger partial charge on any atom is -0.486 e. The van der Waals surface area contributed by atoms with Gasteiger partial charge in [0.2, 0.25) is 0 Å². The average molecular weight is 358 g/mol. The number of nitro groups is 1. The number of hydrogen-bond donors (Lipinski definition) is 0. The first-order valence-electron chi connectivity index (χ1n) is 7.97. The lowest BCUT2D eigenvalue weighted by Crippen LogP contribution is -2.34. The first-order valence-corrected chi connectivity index (χ1v) is 7.97. The molecule has 1 heterocycles. The summed E-state index contributed by atoms with van der Waals surface area (Å²) in [4.78, 5) is 24.5. The summed E-state index contributed by atoms with van der Waals surface area (Å²) in [5.41, 5.74) is 0.363. The van der Waals surface area contributed by atoms with E-state index in [1.54, 1.807) is 31.1 Å². The topological polar surface area (TPSA) is 91.1 Å². The van der Waals surface area contributed by atoms with Gasteiger partial charge >= 0.3 is 5.97 Å². The van der Waals surface area contributed by atoms with Gasteiger partial charge in [-0.15, -0.1) is 0 Å². The zero-order valence-electron chi connectivity index (χ0n) is 14.4. The van der Waals surface area contributed by atoms with E-state index in [4.69, 9.17) is 14.2 Å². The summed E-state index contributed by atoms with van der Waals surface area (Å²) in [7, 11) is 3.39. The largest absolute Gasteiger partial charge is 0.486 e. The molecule has 0 aromatic heterocycles. The molecule has 0 spiro atoms. The lowest BCUT2D eigenvalue weighted by molar-refractivity contribution is -0.384. The Hall–Kier alpha value is -3.29. The molecule has 136 valence electrons. The van der Waals surface area contributed by atoms with Gasteiger partial charge in [-0.05, 0) is 24.3 Å². The second-order valence-electron chi connectivity index (χ2n) is 5.95. The van der Waals surface area contributed by atoms with E-state index in [-0.39, 0.29) is 24.5 Å². The summed E-state index contributed by atoms with van der Waals surface area (Å²) in [5.74, 6) is 0.580. The van der Waals surface area contributed by atoms with Gasteiger partial charge in [-0.1, -0.05) is 12.1 Å². The van der Waals surface area contributed by atoms with E-state index in [0.29, 0.717) is 17.2 Å². The number of ether oxygens (including phenoxy) is 3. The van der Waals surface area contributed by atoms with E-state index in [9.17, 15) is 14.9 Å². The van der Waals surface area contributed by atoms with Crippen LogP contribution in [0.15, 0.2) is 42.5 Å². The molecule has 0 radical (unpaired) electrons. The van der Waals surface area contributed by atoms with Crippen molar-refractivity contribution in [1.82, 2.24) is 0 Å². The molecular weight excluding hydrogens is 340 g/mol. The molecule has 0 aliphatic carbocycles. The Morgan fingerprint density at radius 2 is 2.00 bits per heavy atom. The molecule has 26 heavy (non-hydrogen) atoms. The first-order chi connectivity index (χ1) is 12.5. The van der Waals surface area contributed by atoms with Crippen molar-refractivity contribution in [2.45, 2.75) is 6.10 Å². The lowest BCUT2D eigenvalue weighted by Gasteiger charge is -2.26. The summed E-state index contributed by atoms with van der Waals surface area (Å²) in [5, 5.41) is 11.2. The summed E-state index contributed by atoms with van der Waals surface area (Å²) >= 11 is 0. The number of anilines is 1. The number of carbonyl (C=O) groups is 1. The summed E-state index contributed by atoms with van der Waals surface area (Å²) in [6, 6.07) is 11.5. The van der Waals surface area contributed by atoms with E-state index >= 15 is 0 Å². The van der Waals surface area contributed by atoms with Crippen molar-refractivity contribution in [1.29, 1.82) is 0 Å². The average Bonchev–Trinajstić information content (AvgIpc) is 2.65. The second-order valence-corrected chi connectivity index (χ2v) is 5.95. The standard InChI is InChI=1S/C18H18N2O6/c1-19(2)14-8-7-12(9-15(14)20(22)23)18(21)25-11-13-10-24-16-5-3-4-6-17(16)26-13/h3-9,13H,10-11H2,1-2H3. The predicted octanol–water partition coefficient (Wildman–Crippen LogP) is 2.66. The van der Waals surface area contributed by atoms with Crippen LogP contribution < -0.4 is 14.4 Å². The van der Waals surface area contributed by atoms with Crippen molar-refractivity contribution < 1.29 is 23.9 Å². The summed E-state index contributed by atoms with van der Waals surface area (Å²) in [6.45, 7) is 0.237. The van der Waals surface area contributed by atoms with Crippen molar-refractivity contribution >= 4 is 17.3 Å². The molecule has 0 fully saturated rings. The number of esters is 1. The Kier molecular flexibility index (Phi) is 4.92. The summed E-state index contributed by atoms with van der Waals surface area (Å²) in [6.07, 6.45) is -0.440. The number of hydrogen-bond acceptors (Lipinski definition) is 7. The highest BCUT2D eigenvalue weighted by atomic mass is 16.6. The van der Waals surface area contributed by atoms with Gasteiger partial charge < -0.3 is 19.1 Å². The minimum atomic E-state index is -0.652. The Morgan fingerprint density at radius 1 is 1.27 bits per heavy atom. The number of fused-ring (bicyclic) bond motifs is 1. The molecule has 1 unspecified atom stereocenters. The van der Waals surface area contributed by atoms with Crippen LogP contribution in [0.5, 0.6) is 11.5 Å². The zero-order valence-corrected chi connectivity index (χ0v) is 14.4. The third-order valence-electron chi connectivity index (χ3n) is 3.86. The predicted molar refractivity (Wildman–Crippen MR) is 94.1 cm³/mol. The fourth-order valence-electron chi connectivity index (χ4n) is 2.57. The SMILES string of the molecule is CN(C)c1ccc(C(=O)OCC2COc3ccccc3O2)cc1[N+](=O)[O-]. The first kappa shape index (κ1) is 17.5.